The normalized spacial score (nSPS) is 18.0. The Kier molecular flexibility index (Phi) is 7.00. The Balaban J connectivity index is 2.05. The van der Waals surface area contributed by atoms with Crippen molar-refractivity contribution < 1.29 is 24.2 Å². The highest BCUT2D eigenvalue weighted by Crippen LogP contribution is 2.40. The summed E-state index contributed by atoms with van der Waals surface area (Å²) in [4.78, 5) is 27.2. The minimum Gasteiger partial charge on any atom is -0.507 e. The number of amides is 1. The number of ether oxygens (including phenoxy) is 2. The van der Waals surface area contributed by atoms with E-state index in [1.165, 1.54) is 4.90 Å². The predicted molar refractivity (Wildman–Crippen MR) is 119 cm³/mol. The Morgan fingerprint density at radius 3 is 2.16 bits per heavy atom. The number of ketones is 1. The lowest BCUT2D eigenvalue weighted by molar-refractivity contribution is -0.139. The van der Waals surface area contributed by atoms with E-state index in [4.69, 9.17) is 9.47 Å². The van der Waals surface area contributed by atoms with Gasteiger partial charge in [-0.15, -0.1) is 0 Å². The van der Waals surface area contributed by atoms with Crippen molar-refractivity contribution in [1.29, 1.82) is 0 Å². The molecule has 3 rings (SSSR count). The van der Waals surface area contributed by atoms with Crippen molar-refractivity contribution in [3.05, 3.63) is 65.2 Å². The first-order chi connectivity index (χ1) is 14.9. The SMILES string of the molecule is CCCN1C(=O)C(=O)/C(=C(\O)c2ccc(OCC)cc2)C1c1ccc(OC(C)C)cc1. The van der Waals surface area contributed by atoms with E-state index in [0.29, 0.717) is 36.6 Å². The Morgan fingerprint density at radius 1 is 1.00 bits per heavy atom. The fourth-order valence-corrected chi connectivity index (χ4v) is 3.73. The highest BCUT2D eigenvalue weighted by molar-refractivity contribution is 6.46. The molecule has 0 bridgehead atoms. The molecule has 0 spiro atoms. The average molecular weight is 424 g/mol. The number of rotatable bonds is 8. The molecular weight excluding hydrogens is 394 g/mol. The first-order valence-electron chi connectivity index (χ1n) is 10.7. The Morgan fingerprint density at radius 2 is 1.61 bits per heavy atom. The quantitative estimate of drug-likeness (QED) is 0.378. The first kappa shape index (κ1) is 22.4. The molecule has 2 aromatic carbocycles. The molecule has 6 nitrogen and oxygen atoms in total. The Bertz CT molecular complexity index is 960. The monoisotopic (exact) mass is 423 g/mol. The minimum absolute atomic E-state index is 0.0382. The molecule has 1 unspecified atom stereocenters. The van der Waals surface area contributed by atoms with Gasteiger partial charge < -0.3 is 19.5 Å². The molecule has 0 radical (unpaired) electrons. The number of aliphatic hydroxyl groups is 1. The molecule has 6 heteroatoms. The van der Waals surface area contributed by atoms with E-state index in [2.05, 4.69) is 0 Å². The summed E-state index contributed by atoms with van der Waals surface area (Å²) in [6.07, 6.45) is 0.734. The van der Waals surface area contributed by atoms with Crippen LogP contribution in [-0.4, -0.2) is 41.0 Å². The van der Waals surface area contributed by atoms with Gasteiger partial charge in [-0.1, -0.05) is 19.1 Å². The molecular formula is C25H29NO5. The number of nitrogens with zero attached hydrogens (tertiary/aromatic N) is 1. The van der Waals surface area contributed by atoms with Gasteiger partial charge in [-0.3, -0.25) is 9.59 Å². The lowest BCUT2D eigenvalue weighted by Gasteiger charge is -2.25. The van der Waals surface area contributed by atoms with Gasteiger partial charge in [0.05, 0.1) is 24.3 Å². The predicted octanol–water partition coefficient (Wildman–Crippen LogP) is 4.70. The van der Waals surface area contributed by atoms with Crippen LogP contribution in [0.5, 0.6) is 11.5 Å². The lowest BCUT2D eigenvalue weighted by Crippen LogP contribution is -2.30. The summed E-state index contributed by atoms with van der Waals surface area (Å²) in [5, 5.41) is 11.0. The maximum Gasteiger partial charge on any atom is 0.295 e. The third-order valence-corrected chi connectivity index (χ3v) is 5.01. The summed E-state index contributed by atoms with van der Waals surface area (Å²) in [7, 11) is 0. The number of carbonyl (C=O) groups excluding carboxylic acids is 2. The zero-order chi connectivity index (χ0) is 22.5. The summed E-state index contributed by atoms with van der Waals surface area (Å²) < 4.78 is 11.1. The van der Waals surface area contributed by atoms with Crippen LogP contribution in [0.3, 0.4) is 0 Å². The molecule has 1 atom stereocenters. The summed E-state index contributed by atoms with van der Waals surface area (Å²) in [5.74, 6) is -0.0813. The van der Waals surface area contributed by atoms with Crippen LogP contribution >= 0.6 is 0 Å². The van der Waals surface area contributed by atoms with Crippen LogP contribution in [-0.2, 0) is 9.59 Å². The summed E-state index contributed by atoms with van der Waals surface area (Å²) in [6.45, 7) is 8.67. The van der Waals surface area contributed by atoms with Gasteiger partial charge in [-0.05, 0) is 69.2 Å². The van der Waals surface area contributed by atoms with E-state index in [1.54, 1.807) is 24.3 Å². The smallest absolute Gasteiger partial charge is 0.295 e. The largest absolute Gasteiger partial charge is 0.507 e. The van der Waals surface area contributed by atoms with E-state index >= 15 is 0 Å². The van der Waals surface area contributed by atoms with Crippen LogP contribution in [0.4, 0.5) is 0 Å². The molecule has 1 heterocycles. The van der Waals surface area contributed by atoms with Crippen molar-refractivity contribution in [3.63, 3.8) is 0 Å². The van der Waals surface area contributed by atoms with Crippen molar-refractivity contribution in [2.45, 2.75) is 46.3 Å². The third kappa shape index (κ3) is 4.74. The lowest BCUT2D eigenvalue weighted by atomic mass is 9.95. The maximum absolute atomic E-state index is 12.9. The number of aliphatic hydroxyl groups excluding tert-OH is 1. The van der Waals surface area contributed by atoms with Crippen LogP contribution in [0, 0.1) is 0 Å². The number of likely N-dealkylation sites (tertiary alicyclic amines) is 1. The fraction of sp³-hybridized carbons (Fsp3) is 0.360. The Hall–Kier alpha value is -3.28. The van der Waals surface area contributed by atoms with Crippen LogP contribution < -0.4 is 9.47 Å². The van der Waals surface area contributed by atoms with Crippen molar-refractivity contribution in [3.8, 4) is 11.5 Å². The summed E-state index contributed by atoms with van der Waals surface area (Å²) in [6, 6.07) is 13.5. The molecule has 1 N–H and O–H groups in total. The van der Waals surface area contributed by atoms with Gasteiger partial charge in [0, 0.05) is 12.1 Å². The highest BCUT2D eigenvalue weighted by Gasteiger charge is 2.45. The topological polar surface area (TPSA) is 76.1 Å². The Labute approximate surface area is 183 Å². The van der Waals surface area contributed by atoms with Gasteiger partial charge in [-0.25, -0.2) is 0 Å². The van der Waals surface area contributed by atoms with E-state index < -0.39 is 17.7 Å². The third-order valence-electron chi connectivity index (χ3n) is 5.01. The molecule has 1 amide bonds. The molecule has 0 saturated carbocycles. The van der Waals surface area contributed by atoms with Crippen LogP contribution in [0.15, 0.2) is 54.1 Å². The molecule has 0 aromatic heterocycles. The van der Waals surface area contributed by atoms with Gasteiger partial charge in [0.15, 0.2) is 0 Å². The van der Waals surface area contributed by atoms with Crippen molar-refractivity contribution >= 4 is 17.4 Å². The standard InChI is InChI=1S/C25H29NO5/c1-5-15-26-22(17-7-13-20(14-8-17)31-16(3)4)21(24(28)25(26)29)23(27)18-9-11-19(12-10-18)30-6-2/h7-14,16,22,27H,5-6,15H2,1-4H3/b23-21-. The number of hydrogen-bond acceptors (Lipinski definition) is 5. The fourth-order valence-electron chi connectivity index (χ4n) is 3.73. The highest BCUT2D eigenvalue weighted by atomic mass is 16.5. The van der Waals surface area contributed by atoms with E-state index in [9.17, 15) is 14.7 Å². The molecule has 31 heavy (non-hydrogen) atoms. The molecule has 1 aliphatic rings. The van der Waals surface area contributed by atoms with Crippen molar-refractivity contribution in [2.75, 3.05) is 13.2 Å². The number of hydrogen-bond donors (Lipinski definition) is 1. The minimum atomic E-state index is -0.674. The maximum atomic E-state index is 12.9. The van der Waals surface area contributed by atoms with Crippen LogP contribution in [0.2, 0.25) is 0 Å². The van der Waals surface area contributed by atoms with Crippen molar-refractivity contribution in [2.24, 2.45) is 0 Å². The second-order valence-electron chi connectivity index (χ2n) is 7.69. The molecule has 1 saturated heterocycles. The first-order valence-corrected chi connectivity index (χ1v) is 10.7. The number of benzene rings is 2. The van der Waals surface area contributed by atoms with E-state index in [1.807, 2.05) is 52.0 Å². The van der Waals surface area contributed by atoms with Gasteiger partial charge in [0.1, 0.15) is 17.3 Å². The van der Waals surface area contributed by atoms with E-state index in [0.717, 1.165) is 5.56 Å². The second-order valence-corrected chi connectivity index (χ2v) is 7.69. The van der Waals surface area contributed by atoms with Crippen molar-refractivity contribution in [1.82, 2.24) is 4.90 Å². The van der Waals surface area contributed by atoms with Crippen LogP contribution in [0.25, 0.3) is 5.76 Å². The molecule has 1 aliphatic heterocycles. The molecule has 164 valence electrons. The second kappa shape index (κ2) is 9.69. The molecule has 0 aliphatic carbocycles. The van der Waals surface area contributed by atoms with Gasteiger partial charge in [0.25, 0.3) is 11.7 Å². The number of carbonyl (C=O) groups is 2. The molecule has 1 fully saturated rings. The zero-order valence-corrected chi connectivity index (χ0v) is 18.4. The average Bonchev–Trinajstić information content (AvgIpc) is 2.99. The molecule has 2 aromatic rings. The van der Waals surface area contributed by atoms with Gasteiger partial charge in [0.2, 0.25) is 0 Å². The summed E-state index contributed by atoms with van der Waals surface area (Å²) in [5.41, 5.74) is 1.30. The van der Waals surface area contributed by atoms with Gasteiger partial charge >= 0.3 is 0 Å². The number of Topliss-reactive ketones (excluding diaryl/α,β-unsaturated/α-hetero) is 1. The zero-order valence-electron chi connectivity index (χ0n) is 18.4. The summed E-state index contributed by atoms with van der Waals surface area (Å²) >= 11 is 0. The van der Waals surface area contributed by atoms with Gasteiger partial charge in [-0.2, -0.15) is 0 Å². The van der Waals surface area contributed by atoms with E-state index in [-0.39, 0.29) is 17.4 Å². The van der Waals surface area contributed by atoms with Crippen LogP contribution in [0.1, 0.15) is 51.3 Å².